The molecule has 88 valence electrons. The van der Waals surface area contributed by atoms with E-state index in [4.69, 9.17) is 0 Å². The molecule has 0 bridgehead atoms. The van der Waals surface area contributed by atoms with Crippen molar-refractivity contribution in [2.45, 2.75) is 39.0 Å². The molecule has 1 fully saturated rings. The monoisotopic (exact) mass is 213 g/mol. The molecule has 4 heteroatoms. The minimum atomic E-state index is 0.106. The zero-order valence-electron chi connectivity index (χ0n) is 9.72. The Hall–Kier alpha value is -0.610. The molecule has 1 aliphatic heterocycles. The predicted molar refractivity (Wildman–Crippen MR) is 61.3 cm³/mol. The van der Waals surface area contributed by atoms with Gasteiger partial charge in [-0.15, -0.1) is 0 Å². The van der Waals surface area contributed by atoms with Gasteiger partial charge in [-0.05, 0) is 19.3 Å². The zero-order chi connectivity index (χ0) is 10.9. The topological polar surface area (TPSA) is 44.4 Å². The lowest BCUT2D eigenvalue weighted by molar-refractivity contribution is -0.121. The molecule has 0 aromatic carbocycles. The number of hydrogen-bond donors (Lipinski definition) is 2. The van der Waals surface area contributed by atoms with Crippen molar-refractivity contribution in [2.24, 2.45) is 0 Å². The maximum atomic E-state index is 11.4. The summed E-state index contributed by atoms with van der Waals surface area (Å²) in [5, 5.41) is 5.05. The normalized spacial score (nSPS) is 17.7. The summed E-state index contributed by atoms with van der Waals surface area (Å²) < 4.78 is 0. The summed E-state index contributed by atoms with van der Waals surface area (Å²) >= 11 is 0. The summed E-state index contributed by atoms with van der Waals surface area (Å²) in [5.74, 6) is 0.106. The number of nitrogens with one attached hydrogen (secondary N) is 2. The van der Waals surface area contributed by atoms with Crippen LogP contribution in [0.1, 0.15) is 39.0 Å². The minimum Gasteiger partial charge on any atom is -0.355 e. The molecule has 4 nitrogen and oxygen atoms in total. The van der Waals surface area contributed by atoms with Crippen molar-refractivity contribution < 1.29 is 4.79 Å². The largest absolute Gasteiger partial charge is 0.355 e. The second-order valence-electron chi connectivity index (χ2n) is 4.09. The Morgan fingerprint density at radius 2 is 2.00 bits per heavy atom. The molecule has 0 aromatic heterocycles. The third-order valence-corrected chi connectivity index (χ3v) is 2.67. The molecule has 0 atom stereocenters. The van der Waals surface area contributed by atoms with E-state index in [1.807, 2.05) is 0 Å². The number of hydrazine groups is 1. The molecular formula is C11H23N3O. The molecule has 0 saturated carbocycles. The first-order chi connectivity index (χ1) is 7.33. The highest BCUT2D eigenvalue weighted by molar-refractivity contribution is 5.77. The second kappa shape index (κ2) is 7.65. The zero-order valence-corrected chi connectivity index (χ0v) is 9.72. The molecule has 2 N–H and O–H groups in total. The lowest BCUT2D eigenvalue weighted by atomic mass is 10.2. The van der Waals surface area contributed by atoms with Crippen molar-refractivity contribution in [3.63, 3.8) is 0 Å². The third-order valence-electron chi connectivity index (χ3n) is 2.67. The molecule has 1 amide bonds. The van der Waals surface area contributed by atoms with Crippen LogP contribution in [0.2, 0.25) is 0 Å². The first-order valence-corrected chi connectivity index (χ1v) is 6.08. The summed E-state index contributed by atoms with van der Waals surface area (Å²) in [6.45, 7) is 5.49. The third kappa shape index (κ3) is 5.74. The summed E-state index contributed by atoms with van der Waals surface area (Å²) in [6.07, 6.45) is 5.99. The van der Waals surface area contributed by atoms with Crippen molar-refractivity contribution in [3.05, 3.63) is 0 Å². The van der Waals surface area contributed by atoms with Gasteiger partial charge in [0.15, 0.2) is 0 Å². The van der Waals surface area contributed by atoms with E-state index in [0.717, 1.165) is 32.5 Å². The van der Waals surface area contributed by atoms with Crippen molar-refractivity contribution in [1.82, 2.24) is 15.8 Å². The Bertz CT molecular complexity index is 179. The van der Waals surface area contributed by atoms with Gasteiger partial charge in [0.05, 0.1) is 6.54 Å². The van der Waals surface area contributed by atoms with Crippen LogP contribution in [0.15, 0.2) is 0 Å². The molecule has 0 aromatic rings. The molecular weight excluding hydrogens is 190 g/mol. The van der Waals surface area contributed by atoms with E-state index in [1.54, 1.807) is 0 Å². The summed E-state index contributed by atoms with van der Waals surface area (Å²) in [4.78, 5) is 11.4. The van der Waals surface area contributed by atoms with Crippen molar-refractivity contribution in [1.29, 1.82) is 0 Å². The highest BCUT2D eigenvalue weighted by Gasteiger charge is 2.10. The van der Waals surface area contributed by atoms with Crippen LogP contribution in [0.3, 0.4) is 0 Å². The first-order valence-electron chi connectivity index (χ1n) is 6.08. The van der Waals surface area contributed by atoms with Gasteiger partial charge in [0.25, 0.3) is 0 Å². The van der Waals surface area contributed by atoms with Gasteiger partial charge in [0.2, 0.25) is 5.91 Å². The van der Waals surface area contributed by atoms with Gasteiger partial charge in [0, 0.05) is 19.6 Å². The number of rotatable bonds is 6. The Kier molecular flexibility index (Phi) is 6.36. The van der Waals surface area contributed by atoms with E-state index in [-0.39, 0.29) is 5.91 Å². The van der Waals surface area contributed by atoms with Gasteiger partial charge in [-0.25, -0.2) is 10.4 Å². The Morgan fingerprint density at radius 1 is 1.27 bits per heavy atom. The van der Waals surface area contributed by atoms with Crippen LogP contribution in [0.4, 0.5) is 0 Å². The van der Waals surface area contributed by atoms with Crippen LogP contribution < -0.4 is 10.7 Å². The summed E-state index contributed by atoms with van der Waals surface area (Å²) in [5.41, 5.74) is 3.17. The van der Waals surface area contributed by atoms with Crippen molar-refractivity contribution >= 4 is 5.91 Å². The van der Waals surface area contributed by atoms with Gasteiger partial charge in [-0.3, -0.25) is 4.79 Å². The fourth-order valence-corrected chi connectivity index (χ4v) is 1.70. The van der Waals surface area contributed by atoms with Crippen molar-refractivity contribution in [2.75, 3.05) is 26.2 Å². The van der Waals surface area contributed by atoms with Gasteiger partial charge < -0.3 is 5.32 Å². The van der Waals surface area contributed by atoms with Crippen LogP contribution in [-0.4, -0.2) is 37.1 Å². The van der Waals surface area contributed by atoms with Gasteiger partial charge in [-0.1, -0.05) is 19.8 Å². The van der Waals surface area contributed by atoms with Crippen LogP contribution in [-0.2, 0) is 4.79 Å². The fourth-order valence-electron chi connectivity index (χ4n) is 1.70. The summed E-state index contributed by atoms with van der Waals surface area (Å²) in [7, 11) is 0. The minimum absolute atomic E-state index is 0.106. The van der Waals surface area contributed by atoms with Crippen molar-refractivity contribution in [3.8, 4) is 0 Å². The Labute approximate surface area is 92.4 Å². The number of hydrogen-bond acceptors (Lipinski definition) is 3. The van der Waals surface area contributed by atoms with E-state index in [9.17, 15) is 4.79 Å². The number of amides is 1. The smallest absolute Gasteiger partial charge is 0.235 e. The fraction of sp³-hybridized carbons (Fsp3) is 0.909. The molecule has 0 unspecified atom stereocenters. The van der Waals surface area contributed by atoms with Crippen LogP contribution in [0, 0.1) is 0 Å². The first kappa shape index (κ1) is 12.5. The lowest BCUT2D eigenvalue weighted by Gasteiger charge is -2.26. The SMILES string of the molecule is CCCCNC(=O)CNN1CCCCC1. The second-order valence-corrected chi connectivity index (χ2v) is 4.09. The Morgan fingerprint density at radius 3 is 2.67 bits per heavy atom. The quantitative estimate of drug-likeness (QED) is 0.644. The average Bonchev–Trinajstić information content (AvgIpc) is 2.28. The van der Waals surface area contributed by atoms with E-state index in [2.05, 4.69) is 22.7 Å². The van der Waals surface area contributed by atoms with Crippen LogP contribution >= 0.6 is 0 Å². The molecule has 1 heterocycles. The number of unbranched alkanes of at least 4 members (excludes halogenated alkanes) is 1. The van der Waals surface area contributed by atoms with E-state index in [0.29, 0.717) is 6.54 Å². The number of piperidine rings is 1. The number of carbonyl (C=O) groups is 1. The average molecular weight is 213 g/mol. The molecule has 0 radical (unpaired) electrons. The van der Waals surface area contributed by atoms with Gasteiger partial charge >= 0.3 is 0 Å². The predicted octanol–water partition coefficient (Wildman–Crippen LogP) is 0.893. The number of carbonyl (C=O) groups excluding carboxylic acids is 1. The van der Waals surface area contributed by atoms with Gasteiger partial charge in [-0.2, -0.15) is 0 Å². The molecule has 15 heavy (non-hydrogen) atoms. The molecule has 0 spiro atoms. The summed E-state index contributed by atoms with van der Waals surface area (Å²) in [6, 6.07) is 0. The maximum absolute atomic E-state index is 11.4. The lowest BCUT2D eigenvalue weighted by Crippen LogP contribution is -2.46. The van der Waals surface area contributed by atoms with Crippen LogP contribution in [0.25, 0.3) is 0 Å². The molecule has 1 aliphatic rings. The molecule has 1 saturated heterocycles. The highest BCUT2D eigenvalue weighted by atomic mass is 16.2. The maximum Gasteiger partial charge on any atom is 0.235 e. The molecule has 1 rings (SSSR count). The number of nitrogens with zero attached hydrogens (tertiary/aromatic N) is 1. The van der Waals surface area contributed by atoms with Crippen LogP contribution in [0.5, 0.6) is 0 Å². The van der Waals surface area contributed by atoms with Gasteiger partial charge in [0.1, 0.15) is 0 Å². The highest BCUT2D eigenvalue weighted by Crippen LogP contribution is 2.05. The van der Waals surface area contributed by atoms with E-state index in [1.165, 1.54) is 19.3 Å². The van der Waals surface area contributed by atoms with E-state index >= 15 is 0 Å². The van der Waals surface area contributed by atoms with E-state index < -0.39 is 0 Å². The Balaban J connectivity index is 2.00. The standard InChI is InChI=1S/C11H23N3O/c1-2-3-7-12-11(15)10-13-14-8-5-4-6-9-14/h13H,2-10H2,1H3,(H,12,15). The molecule has 0 aliphatic carbocycles.